The van der Waals surface area contributed by atoms with Gasteiger partial charge in [0, 0.05) is 11.4 Å². The van der Waals surface area contributed by atoms with Gasteiger partial charge in [0.15, 0.2) is 0 Å². The van der Waals surface area contributed by atoms with Crippen LogP contribution in [0.1, 0.15) is 23.6 Å². The fourth-order valence-corrected chi connectivity index (χ4v) is 2.98. The number of nitrogens with one attached hydrogen (secondary N) is 2. The third-order valence-electron chi connectivity index (χ3n) is 3.81. The van der Waals surface area contributed by atoms with E-state index < -0.39 is 0 Å². The van der Waals surface area contributed by atoms with Gasteiger partial charge in [-0.15, -0.1) is 11.8 Å². The van der Waals surface area contributed by atoms with Gasteiger partial charge < -0.3 is 10.6 Å². The maximum Gasteiger partial charge on any atom is 0.237 e. The Morgan fingerprint density at radius 2 is 1.60 bits per heavy atom. The van der Waals surface area contributed by atoms with Crippen molar-refractivity contribution in [3.05, 3.63) is 59.2 Å². The predicted molar refractivity (Wildman–Crippen MR) is 106 cm³/mol. The van der Waals surface area contributed by atoms with Crippen molar-refractivity contribution in [3.8, 4) is 0 Å². The van der Waals surface area contributed by atoms with Gasteiger partial charge in [0.05, 0.1) is 11.0 Å². The molecule has 0 saturated heterocycles. The molecule has 2 aromatic rings. The Balaban J connectivity index is 1.82. The van der Waals surface area contributed by atoms with Crippen molar-refractivity contribution < 1.29 is 9.59 Å². The number of rotatable bonds is 6. The van der Waals surface area contributed by atoms with E-state index in [4.69, 9.17) is 0 Å². The molecule has 0 spiro atoms. The summed E-state index contributed by atoms with van der Waals surface area (Å²) in [6.45, 7) is 7.79. The monoisotopic (exact) mass is 356 g/mol. The lowest BCUT2D eigenvalue weighted by Gasteiger charge is -2.14. The number of hydrogen-bond donors (Lipinski definition) is 2. The van der Waals surface area contributed by atoms with Gasteiger partial charge in [0.2, 0.25) is 11.8 Å². The number of thioether (sulfide) groups is 1. The van der Waals surface area contributed by atoms with Crippen molar-refractivity contribution in [2.75, 3.05) is 16.4 Å². The van der Waals surface area contributed by atoms with E-state index in [0.29, 0.717) is 0 Å². The largest absolute Gasteiger partial charge is 0.325 e. The van der Waals surface area contributed by atoms with Crippen LogP contribution in [0.3, 0.4) is 0 Å². The zero-order valence-electron chi connectivity index (χ0n) is 15.1. The number of carbonyl (C=O) groups excluding carboxylic acids is 2. The molecule has 1 unspecified atom stereocenters. The third-order valence-corrected chi connectivity index (χ3v) is 4.95. The fraction of sp³-hybridized carbons (Fsp3) is 0.300. The molecular weight excluding hydrogens is 332 g/mol. The molecule has 0 fully saturated rings. The van der Waals surface area contributed by atoms with E-state index in [1.807, 2.05) is 70.2 Å². The zero-order chi connectivity index (χ0) is 18.4. The molecular formula is C20H24N2O2S. The molecule has 0 saturated carbocycles. The molecule has 0 aromatic heterocycles. The first kappa shape index (κ1) is 19.1. The molecule has 0 aliphatic rings. The van der Waals surface area contributed by atoms with Crippen LogP contribution in [0.5, 0.6) is 0 Å². The van der Waals surface area contributed by atoms with Crippen LogP contribution in [0.2, 0.25) is 0 Å². The molecule has 25 heavy (non-hydrogen) atoms. The highest BCUT2D eigenvalue weighted by Crippen LogP contribution is 2.19. The summed E-state index contributed by atoms with van der Waals surface area (Å²) in [6.07, 6.45) is 0. The van der Waals surface area contributed by atoms with Gasteiger partial charge in [0.1, 0.15) is 0 Å². The molecule has 0 aliphatic heterocycles. The second kappa shape index (κ2) is 8.72. The molecule has 0 heterocycles. The Morgan fingerprint density at radius 1 is 0.960 bits per heavy atom. The fourth-order valence-electron chi connectivity index (χ4n) is 2.30. The van der Waals surface area contributed by atoms with E-state index in [-0.39, 0.29) is 22.8 Å². The highest BCUT2D eigenvalue weighted by Gasteiger charge is 2.16. The van der Waals surface area contributed by atoms with Crippen LogP contribution in [0.15, 0.2) is 42.5 Å². The topological polar surface area (TPSA) is 58.2 Å². The summed E-state index contributed by atoms with van der Waals surface area (Å²) in [5, 5.41) is 5.45. The van der Waals surface area contributed by atoms with Gasteiger partial charge in [-0.3, -0.25) is 9.59 Å². The van der Waals surface area contributed by atoms with Gasteiger partial charge in [-0.05, 0) is 51.5 Å². The lowest BCUT2D eigenvalue weighted by molar-refractivity contribution is -0.115. The molecule has 0 aliphatic carbocycles. The summed E-state index contributed by atoms with van der Waals surface area (Å²) in [7, 11) is 0. The SMILES string of the molecule is Cc1ccc(NC(=O)CSC(C)C(=O)Nc2ccc(C)cc2C)cc1. The molecule has 2 rings (SSSR count). The summed E-state index contributed by atoms with van der Waals surface area (Å²) in [4.78, 5) is 24.3. The first-order valence-electron chi connectivity index (χ1n) is 8.21. The maximum atomic E-state index is 12.3. The Hall–Kier alpha value is -2.27. The second-order valence-corrected chi connectivity index (χ2v) is 7.50. The Labute approximate surface area is 153 Å². The molecule has 2 aromatic carbocycles. The molecule has 5 heteroatoms. The van der Waals surface area contributed by atoms with E-state index >= 15 is 0 Å². The quantitative estimate of drug-likeness (QED) is 0.811. The van der Waals surface area contributed by atoms with Crippen molar-refractivity contribution in [1.82, 2.24) is 0 Å². The first-order chi connectivity index (χ1) is 11.8. The van der Waals surface area contributed by atoms with E-state index in [2.05, 4.69) is 10.6 Å². The lowest BCUT2D eigenvalue weighted by atomic mass is 10.1. The van der Waals surface area contributed by atoms with Gasteiger partial charge in [-0.25, -0.2) is 0 Å². The average Bonchev–Trinajstić information content (AvgIpc) is 2.57. The summed E-state index contributed by atoms with van der Waals surface area (Å²) < 4.78 is 0. The van der Waals surface area contributed by atoms with Gasteiger partial charge in [-0.1, -0.05) is 35.4 Å². The van der Waals surface area contributed by atoms with Crippen LogP contribution in [0.4, 0.5) is 11.4 Å². The standard InChI is InChI=1S/C20H24N2O2S/c1-13-5-8-17(9-6-13)21-19(23)12-25-16(4)20(24)22-18-10-7-14(2)11-15(18)3/h5-11,16H,12H2,1-4H3,(H,21,23)(H,22,24). The Kier molecular flexibility index (Phi) is 6.65. The number of amides is 2. The maximum absolute atomic E-state index is 12.3. The molecule has 1 atom stereocenters. The van der Waals surface area contributed by atoms with E-state index in [1.54, 1.807) is 0 Å². The molecule has 2 N–H and O–H groups in total. The minimum absolute atomic E-state index is 0.0971. The minimum atomic E-state index is -0.315. The van der Waals surface area contributed by atoms with E-state index in [1.165, 1.54) is 11.8 Å². The van der Waals surface area contributed by atoms with E-state index in [0.717, 1.165) is 28.1 Å². The third kappa shape index (κ3) is 5.94. The van der Waals surface area contributed by atoms with Crippen molar-refractivity contribution in [2.24, 2.45) is 0 Å². The second-order valence-electron chi connectivity index (χ2n) is 6.18. The summed E-state index contributed by atoms with van der Waals surface area (Å²) >= 11 is 1.32. The number of aryl methyl sites for hydroxylation is 3. The number of carbonyl (C=O) groups is 2. The average molecular weight is 356 g/mol. The minimum Gasteiger partial charge on any atom is -0.325 e. The van der Waals surface area contributed by atoms with Crippen LogP contribution in [0.25, 0.3) is 0 Å². The molecule has 0 bridgehead atoms. The molecule has 132 valence electrons. The summed E-state index contributed by atoms with van der Waals surface area (Å²) in [5.74, 6) is 0.0233. The summed E-state index contributed by atoms with van der Waals surface area (Å²) in [5.41, 5.74) is 4.91. The number of hydrogen-bond acceptors (Lipinski definition) is 3. The highest BCUT2D eigenvalue weighted by atomic mass is 32.2. The first-order valence-corrected chi connectivity index (χ1v) is 9.26. The number of benzene rings is 2. The summed E-state index contributed by atoms with van der Waals surface area (Å²) in [6, 6.07) is 13.5. The van der Waals surface area contributed by atoms with Crippen LogP contribution in [-0.2, 0) is 9.59 Å². The lowest BCUT2D eigenvalue weighted by Crippen LogP contribution is -2.25. The van der Waals surface area contributed by atoms with Crippen LogP contribution < -0.4 is 10.6 Å². The predicted octanol–water partition coefficient (Wildman–Crippen LogP) is 4.31. The van der Waals surface area contributed by atoms with Crippen molar-refractivity contribution in [2.45, 2.75) is 32.9 Å². The number of anilines is 2. The molecule has 2 amide bonds. The normalized spacial score (nSPS) is 11.7. The van der Waals surface area contributed by atoms with Gasteiger partial charge in [-0.2, -0.15) is 0 Å². The Bertz CT molecular complexity index is 757. The van der Waals surface area contributed by atoms with Crippen LogP contribution in [-0.4, -0.2) is 22.8 Å². The Morgan fingerprint density at radius 3 is 2.24 bits per heavy atom. The van der Waals surface area contributed by atoms with Crippen LogP contribution in [0, 0.1) is 20.8 Å². The van der Waals surface area contributed by atoms with Crippen molar-refractivity contribution >= 4 is 35.0 Å². The molecule has 0 radical (unpaired) electrons. The van der Waals surface area contributed by atoms with Gasteiger partial charge in [0.25, 0.3) is 0 Å². The van der Waals surface area contributed by atoms with Crippen molar-refractivity contribution in [1.29, 1.82) is 0 Å². The van der Waals surface area contributed by atoms with Crippen LogP contribution >= 0.6 is 11.8 Å². The van der Waals surface area contributed by atoms with Crippen molar-refractivity contribution in [3.63, 3.8) is 0 Å². The van der Waals surface area contributed by atoms with E-state index in [9.17, 15) is 9.59 Å². The smallest absolute Gasteiger partial charge is 0.237 e. The molecule has 4 nitrogen and oxygen atoms in total. The van der Waals surface area contributed by atoms with Gasteiger partial charge >= 0.3 is 0 Å². The highest BCUT2D eigenvalue weighted by molar-refractivity contribution is 8.01. The zero-order valence-corrected chi connectivity index (χ0v) is 15.9.